The maximum absolute atomic E-state index is 13.3. The molecule has 0 amide bonds. The molecule has 0 atom stereocenters. The first-order chi connectivity index (χ1) is 13.4. The Labute approximate surface area is 158 Å². The normalized spacial score (nSPS) is 10.1. The van der Waals surface area contributed by atoms with Gasteiger partial charge in [0.1, 0.15) is 53.1 Å². The fraction of sp³-hybridized carbons (Fsp3) is 0.0500. The molecule has 2 aromatic carbocycles. The van der Waals surface area contributed by atoms with Gasteiger partial charge in [-0.15, -0.1) is 0 Å². The highest BCUT2D eigenvalue weighted by atomic mass is 19.1. The van der Waals surface area contributed by atoms with Crippen LogP contribution in [0.4, 0.5) is 14.6 Å². The van der Waals surface area contributed by atoms with Crippen molar-refractivity contribution < 1.29 is 13.5 Å². The molecule has 0 spiro atoms. The summed E-state index contributed by atoms with van der Waals surface area (Å²) in [5, 5.41) is 18.7. The number of hydrogen-bond donors (Lipinski definition) is 2. The number of aromatic amines is 1. The number of benzene rings is 2. The summed E-state index contributed by atoms with van der Waals surface area (Å²) < 4.78 is 31.9. The second-order valence-corrected chi connectivity index (χ2v) is 5.81. The number of nitrogens with one attached hydrogen (secondary N) is 1. The van der Waals surface area contributed by atoms with Crippen LogP contribution in [0.2, 0.25) is 0 Å². The predicted octanol–water partition coefficient (Wildman–Crippen LogP) is 3.22. The lowest BCUT2D eigenvalue weighted by atomic mass is 9.95. The third-order valence-corrected chi connectivity index (χ3v) is 3.93. The first kappa shape index (κ1) is 18.6. The average molecular weight is 378 g/mol. The van der Waals surface area contributed by atoms with Crippen molar-refractivity contribution in [3.05, 3.63) is 81.1 Å². The second-order valence-electron chi connectivity index (χ2n) is 5.81. The highest BCUT2D eigenvalue weighted by Crippen LogP contribution is 2.29. The molecular formula is C20H12F2N4O2. The van der Waals surface area contributed by atoms with Crippen LogP contribution < -0.4 is 16.0 Å². The highest BCUT2D eigenvalue weighted by molar-refractivity contribution is 5.80. The zero-order valence-electron chi connectivity index (χ0n) is 14.3. The summed E-state index contributed by atoms with van der Waals surface area (Å²) in [4.78, 5) is 14.3. The lowest BCUT2D eigenvalue weighted by Gasteiger charge is -2.11. The van der Waals surface area contributed by atoms with Gasteiger partial charge in [0, 0.05) is 23.8 Å². The van der Waals surface area contributed by atoms with E-state index in [-0.39, 0.29) is 34.9 Å². The van der Waals surface area contributed by atoms with E-state index in [0.29, 0.717) is 11.1 Å². The smallest absolute Gasteiger partial charge is 0.268 e. The van der Waals surface area contributed by atoms with Gasteiger partial charge < -0.3 is 15.5 Å². The molecule has 0 bridgehead atoms. The zero-order valence-corrected chi connectivity index (χ0v) is 14.3. The number of rotatable bonds is 4. The summed E-state index contributed by atoms with van der Waals surface area (Å²) in [5.74, 6) is -1.66. The van der Waals surface area contributed by atoms with E-state index in [0.717, 1.165) is 18.2 Å². The van der Waals surface area contributed by atoms with Gasteiger partial charge in [-0.3, -0.25) is 4.79 Å². The van der Waals surface area contributed by atoms with Crippen molar-refractivity contribution in [1.29, 1.82) is 10.5 Å². The van der Waals surface area contributed by atoms with Crippen molar-refractivity contribution in [3.63, 3.8) is 0 Å². The Kier molecular flexibility index (Phi) is 5.05. The zero-order chi connectivity index (χ0) is 20.3. The third kappa shape index (κ3) is 3.67. The molecule has 0 aliphatic heterocycles. The van der Waals surface area contributed by atoms with Crippen molar-refractivity contribution in [3.8, 4) is 29.0 Å². The number of ether oxygens (including phenoxy) is 1. The molecule has 8 heteroatoms. The molecule has 6 nitrogen and oxygen atoms in total. The Morgan fingerprint density at radius 1 is 1.04 bits per heavy atom. The first-order valence-electron chi connectivity index (χ1n) is 7.97. The number of halogens is 2. The molecule has 0 saturated heterocycles. The van der Waals surface area contributed by atoms with Crippen LogP contribution in [-0.4, -0.2) is 4.98 Å². The summed E-state index contributed by atoms with van der Waals surface area (Å²) in [7, 11) is 0. The lowest BCUT2D eigenvalue weighted by Crippen LogP contribution is -2.16. The van der Waals surface area contributed by atoms with Crippen LogP contribution >= 0.6 is 0 Å². The highest BCUT2D eigenvalue weighted by Gasteiger charge is 2.18. The second kappa shape index (κ2) is 7.60. The van der Waals surface area contributed by atoms with Gasteiger partial charge >= 0.3 is 0 Å². The van der Waals surface area contributed by atoms with Gasteiger partial charge in [-0.05, 0) is 17.2 Å². The topological polar surface area (TPSA) is 116 Å². The number of nitriles is 2. The standard InChI is InChI=1S/C20H12F2N4O2/c21-13-5-14(22)7-15(6-13)28-10-11-2-1-3-12(4-11)18-16(8-23)19(25)26-20(27)17(18)9-24/h1-7H,10H2,(H3,25,26,27). The molecule has 0 saturated carbocycles. The Morgan fingerprint density at radius 3 is 2.36 bits per heavy atom. The molecule has 0 aliphatic rings. The van der Waals surface area contributed by atoms with Crippen molar-refractivity contribution in [2.24, 2.45) is 0 Å². The van der Waals surface area contributed by atoms with Crippen molar-refractivity contribution in [1.82, 2.24) is 4.98 Å². The molecule has 3 aromatic rings. The monoisotopic (exact) mass is 378 g/mol. The van der Waals surface area contributed by atoms with Gasteiger partial charge in [0.05, 0.1) is 0 Å². The molecule has 138 valence electrons. The van der Waals surface area contributed by atoms with E-state index in [1.165, 1.54) is 0 Å². The number of nitrogens with two attached hydrogens (primary N) is 1. The lowest BCUT2D eigenvalue weighted by molar-refractivity contribution is 0.302. The van der Waals surface area contributed by atoms with Gasteiger partial charge in [-0.2, -0.15) is 10.5 Å². The van der Waals surface area contributed by atoms with E-state index in [2.05, 4.69) is 4.98 Å². The van der Waals surface area contributed by atoms with Gasteiger partial charge in [0.25, 0.3) is 5.56 Å². The number of hydrogen-bond acceptors (Lipinski definition) is 5. The minimum absolute atomic E-state index is 0.0127. The largest absolute Gasteiger partial charge is 0.489 e. The fourth-order valence-electron chi connectivity index (χ4n) is 2.73. The van der Waals surface area contributed by atoms with Crippen LogP contribution in [0, 0.1) is 34.3 Å². The first-order valence-corrected chi connectivity index (χ1v) is 7.97. The van der Waals surface area contributed by atoms with Crippen LogP contribution in [-0.2, 0) is 6.61 Å². The van der Waals surface area contributed by atoms with Gasteiger partial charge in [-0.1, -0.05) is 18.2 Å². The van der Waals surface area contributed by atoms with Gasteiger partial charge in [0.2, 0.25) is 0 Å². The van der Waals surface area contributed by atoms with Gasteiger partial charge in [0.15, 0.2) is 0 Å². The van der Waals surface area contributed by atoms with E-state index in [1.54, 1.807) is 30.3 Å². The van der Waals surface area contributed by atoms with Crippen LogP contribution in [0.25, 0.3) is 11.1 Å². The van der Waals surface area contributed by atoms with Crippen molar-refractivity contribution in [2.75, 3.05) is 5.73 Å². The maximum atomic E-state index is 13.3. The number of pyridine rings is 1. The maximum Gasteiger partial charge on any atom is 0.268 e. The van der Waals surface area contributed by atoms with E-state index >= 15 is 0 Å². The third-order valence-electron chi connectivity index (χ3n) is 3.93. The molecule has 0 unspecified atom stereocenters. The molecule has 3 N–H and O–H groups in total. The molecular weight excluding hydrogens is 366 g/mol. The Balaban J connectivity index is 2.00. The van der Waals surface area contributed by atoms with Crippen molar-refractivity contribution in [2.45, 2.75) is 6.61 Å². The number of anilines is 1. The SMILES string of the molecule is N#Cc1c(N)[nH]c(=O)c(C#N)c1-c1cccc(COc2cc(F)cc(F)c2)c1. The van der Waals surface area contributed by atoms with Gasteiger partial charge in [-0.25, -0.2) is 8.78 Å². The average Bonchev–Trinajstić information content (AvgIpc) is 2.65. The summed E-state index contributed by atoms with van der Waals surface area (Å²) in [6.07, 6.45) is 0. The number of nitrogens with zero attached hydrogens (tertiary/aromatic N) is 2. The molecule has 28 heavy (non-hydrogen) atoms. The minimum atomic E-state index is -0.764. The quantitative estimate of drug-likeness (QED) is 0.723. The van der Waals surface area contributed by atoms with Crippen LogP contribution in [0.15, 0.2) is 47.3 Å². The number of aromatic nitrogens is 1. The molecule has 3 rings (SSSR count). The van der Waals surface area contributed by atoms with E-state index in [1.807, 2.05) is 6.07 Å². The molecule has 1 aromatic heterocycles. The Hall–Kier alpha value is -4.17. The van der Waals surface area contributed by atoms with E-state index in [9.17, 15) is 24.1 Å². The van der Waals surface area contributed by atoms with Crippen LogP contribution in [0.3, 0.4) is 0 Å². The Bertz CT molecular complexity index is 1190. The van der Waals surface area contributed by atoms with Crippen LogP contribution in [0.5, 0.6) is 5.75 Å². The van der Waals surface area contributed by atoms with E-state index in [4.69, 9.17) is 10.5 Å². The summed E-state index contributed by atoms with van der Waals surface area (Å²) >= 11 is 0. The summed E-state index contributed by atoms with van der Waals surface area (Å²) in [6.45, 7) is -0.0286. The van der Waals surface area contributed by atoms with Crippen molar-refractivity contribution >= 4 is 5.82 Å². The molecule has 0 radical (unpaired) electrons. The minimum Gasteiger partial charge on any atom is -0.489 e. The summed E-state index contributed by atoms with van der Waals surface area (Å²) in [5.41, 5.74) is 5.86. The number of H-pyrrole nitrogens is 1. The molecule has 0 fully saturated rings. The predicted molar refractivity (Wildman–Crippen MR) is 97.0 cm³/mol. The van der Waals surface area contributed by atoms with Crippen LogP contribution in [0.1, 0.15) is 16.7 Å². The van der Waals surface area contributed by atoms with E-state index < -0.39 is 17.2 Å². The Morgan fingerprint density at radius 2 is 1.71 bits per heavy atom. The fourth-order valence-corrected chi connectivity index (χ4v) is 2.73. The summed E-state index contributed by atoms with van der Waals surface area (Å²) in [6, 6.07) is 13.1. The number of nitrogen functional groups attached to an aromatic ring is 1. The molecule has 0 aliphatic carbocycles. The molecule has 1 heterocycles.